The zero-order valence-electron chi connectivity index (χ0n) is 17.1. The van der Waals surface area contributed by atoms with Crippen molar-refractivity contribution in [2.24, 2.45) is 10.7 Å². The molecule has 3 N–H and O–H groups in total. The number of aliphatic imine (C=N–C) groups is 1. The minimum atomic E-state index is -4.41. The molecule has 0 aliphatic carbocycles. The number of ether oxygens (including phenoxy) is 1. The molecular weight excluding hydrogens is 452 g/mol. The van der Waals surface area contributed by atoms with E-state index in [1.165, 1.54) is 10.9 Å². The van der Waals surface area contributed by atoms with Crippen molar-refractivity contribution in [1.29, 1.82) is 0 Å². The van der Waals surface area contributed by atoms with E-state index in [1.54, 1.807) is 12.1 Å². The van der Waals surface area contributed by atoms with Gasteiger partial charge in [-0.2, -0.15) is 18.3 Å². The third-order valence-corrected chi connectivity index (χ3v) is 5.50. The normalized spacial score (nSPS) is 18.8. The van der Waals surface area contributed by atoms with E-state index in [9.17, 15) is 17.6 Å². The van der Waals surface area contributed by atoms with Gasteiger partial charge in [-0.1, -0.05) is 11.6 Å². The number of aromatic nitrogens is 2. The predicted molar refractivity (Wildman–Crippen MR) is 112 cm³/mol. The smallest absolute Gasteiger partial charge is 0.406 e. The molecule has 172 valence electrons. The lowest BCUT2D eigenvalue weighted by Crippen LogP contribution is -2.52. The van der Waals surface area contributed by atoms with E-state index >= 15 is 0 Å². The van der Waals surface area contributed by atoms with Crippen LogP contribution in [0.4, 0.5) is 17.6 Å². The second kappa shape index (κ2) is 8.62. The van der Waals surface area contributed by atoms with E-state index in [0.717, 1.165) is 16.7 Å². The van der Waals surface area contributed by atoms with Crippen LogP contribution in [-0.4, -0.2) is 59.1 Å². The summed E-state index contributed by atoms with van der Waals surface area (Å²) in [6.45, 7) is 1.77. The second-order valence-corrected chi connectivity index (χ2v) is 8.04. The first-order valence-corrected chi connectivity index (χ1v) is 10.2. The number of halogens is 5. The van der Waals surface area contributed by atoms with Gasteiger partial charge in [-0.15, -0.1) is 0 Å². The number of alkyl halides is 3. The Bertz CT molecular complexity index is 1080. The molecule has 1 saturated heterocycles. The quantitative estimate of drug-likeness (QED) is 0.632. The molecule has 0 saturated carbocycles. The molecule has 32 heavy (non-hydrogen) atoms. The summed E-state index contributed by atoms with van der Waals surface area (Å²) in [5.74, 6) is -0.245. The van der Waals surface area contributed by atoms with E-state index in [2.05, 4.69) is 15.4 Å². The van der Waals surface area contributed by atoms with E-state index in [0.29, 0.717) is 40.7 Å². The largest absolute Gasteiger partial charge is 0.491 e. The van der Waals surface area contributed by atoms with E-state index in [-0.39, 0.29) is 19.1 Å². The first-order chi connectivity index (χ1) is 15.1. The Morgan fingerprint density at radius 2 is 2.12 bits per heavy atom. The van der Waals surface area contributed by atoms with Crippen LogP contribution in [0, 0.1) is 12.7 Å². The number of hydrogen-bond donors (Lipinski definition) is 2. The number of fused-ring (bicyclic) bond motifs is 1. The lowest BCUT2D eigenvalue weighted by molar-refractivity contribution is -0.140. The standard InChI is InChI=1S/C20H21ClF4N6O/c1-11-4-12(21)5-16(32-3-2-30-9-13(22)6-28-30)17(11)18-14-7-27-8-15(14)31(19(26)29-18)10-20(23,24)25/h4-6,9,15,27H,2-3,7-8,10H2,1H3,(H2,26,29). The van der Waals surface area contributed by atoms with Crippen molar-refractivity contribution in [3.8, 4) is 5.75 Å². The average molecular weight is 473 g/mol. The van der Waals surface area contributed by atoms with Crippen molar-refractivity contribution in [2.45, 2.75) is 25.7 Å². The van der Waals surface area contributed by atoms with Crippen LogP contribution in [-0.2, 0) is 6.54 Å². The zero-order valence-corrected chi connectivity index (χ0v) is 17.8. The predicted octanol–water partition coefficient (Wildman–Crippen LogP) is 2.94. The van der Waals surface area contributed by atoms with Crippen LogP contribution in [0.3, 0.4) is 0 Å². The first-order valence-electron chi connectivity index (χ1n) is 9.85. The highest BCUT2D eigenvalue weighted by Gasteiger charge is 2.41. The van der Waals surface area contributed by atoms with Crippen LogP contribution in [0.2, 0.25) is 5.02 Å². The van der Waals surface area contributed by atoms with Gasteiger partial charge in [-0.05, 0) is 30.2 Å². The molecule has 2 aliphatic rings. The van der Waals surface area contributed by atoms with Gasteiger partial charge in [0.05, 0.1) is 30.7 Å². The summed E-state index contributed by atoms with van der Waals surface area (Å²) in [4.78, 5) is 5.42. The van der Waals surface area contributed by atoms with E-state index in [4.69, 9.17) is 22.1 Å². The number of guanidine groups is 1. The van der Waals surface area contributed by atoms with Crippen LogP contribution in [0.1, 0.15) is 11.1 Å². The SMILES string of the molecule is Cc1cc(Cl)cc(OCCn2cc(F)cn2)c1C1=C2CNCC2N(CC(F)(F)F)C(N)=N1. The number of aryl methyl sites for hydroxylation is 1. The van der Waals surface area contributed by atoms with Crippen LogP contribution < -0.4 is 15.8 Å². The summed E-state index contributed by atoms with van der Waals surface area (Å²) >= 11 is 6.23. The van der Waals surface area contributed by atoms with Gasteiger partial charge in [0, 0.05) is 23.7 Å². The Morgan fingerprint density at radius 1 is 1.34 bits per heavy atom. The highest BCUT2D eigenvalue weighted by atomic mass is 35.5. The monoisotopic (exact) mass is 472 g/mol. The maximum atomic E-state index is 13.1. The highest BCUT2D eigenvalue weighted by molar-refractivity contribution is 6.30. The van der Waals surface area contributed by atoms with Crippen LogP contribution in [0.5, 0.6) is 5.75 Å². The molecule has 2 aliphatic heterocycles. The molecular formula is C20H21ClF4N6O. The maximum Gasteiger partial charge on any atom is 0.406 e. The summed E-state index contributed by atoms with van der Waals surface area (Å²) in [7, 11) is 0. The van der Waals surface area contributed by atoms with Gasteiger partial charge in [0.25, 0.3) is 0 Å². The van der Waals surface area contributed by atoms with Gasteiger partial charge in [0.15, 0.2) is 11.8 Å². The third kappa shape index (κ3) is 4.68. The van der Waals surface area contributed by atoms with E-state index < -0.39 is 24.6 Å². The van der Waals surface area contributed by atoms with Gasteiger partial charge in [-0.3, -0.25) is 4.68 Å². The number of nitrogens with zero attached hydrogens (tertiary/aromatic N) is 4. The zero-order chi connectivity index (χ0) is 23.0. The summed E-state index contributed by atoms with van der Waals surface area (Å²) in [6.07, 6.45) is -2.07. The van der Waals surface area contributed by atoms with Crippen molar-refractivity contribution >= 4 is 23.3 Å². The Labute approximate surface area is 186 Å². The van der Waals surface area contributed by atoms with Crippen LogP contribution in [0.25, 0.3) is 5.70 Å². The van der Waals surface area contributed by atoms with Gasteiger partial charge in [0.1, 0.15) is 18.9 Å². The minimum Gasteiger partial charge on any atom is -0.491 e. The summed E-state index contributed by atoms with van der Waals surface area (Å²) < 4.78 is 59.7. The molecule has 1 unspecified atom stereocenters. The number of benzene rings is 1. The average Bonchev–Trinajstić information content (AvgIpc) is 3.32. The Morgan fingerprint density at radius 3 is 2.81 bits per heavy atom. The van der Waals surface area contributed by atoms with Crippen molar-refractivity contribution in [3.63, 3.8) is 0 Å². The highest BCUT2D eigenvalue weighted by Crippen LogP contribution is 2.39. The van der Waals surface area contributed by atoms with Gasteiger partial charge in [0.2, 0.25) is 0 Å². The fraction of sp³-hybridized carbons (Fsp3) is 0.400. The molecule has 1 aromatic carbocycles. The molecule has 0 spiro atoms. The number of rotatable bonds is 6. The number of nitrogens with one attached hydrogen (secondary N) is 1. The molecule has 0 bridgehead atoms. The van der Waals surface area contributed by atoms with Crippen LogP contribution >= 0.6 is 11.6 Å². The number of hydrogen-bond acceptors (Lipinski definition) is 6. The van der Waals surface area contributed by atoms with E-state index in [1.807, 2.05) is 6.92 Å². The molecule has 0 amide bonds. The first kappa shape index (κ1) is 22.4. The molecule has 1 fully saturated rings. The Balaban J connectivity index is 1.67. The van der Waals surface area contributed by atoms with Crippen LogP contribution in [0.15, 0.2) is 35.1 Å². The molecule has 12 heteroatoms. The molecule has 0 radical (unpaired) electrons. The third-order valence-electron chi connectivity index (χ3n) is 5.29. The van der Waals surface area contributed by atoms with Crippen molar-refractivity contribution in [3.05, 3.63) is 52.1 Å². The lowest BCUT2D eigenvalue weighted by Gasteiger charge is -2.35. The summed E-state index contributed by atoms with van der Waals surface area (Å²) in [5, 5.41) is 7.41. The Hall–Kier alpha value is -2.79. The molecule has 1 aromatic heterocycles. The maximum absolute atomic E-state index is 13.1. The molecule has 7 nitrogen and oxygen atoms in total. The lowest BCUT2D eigenvalue weighted by atomic mass is 9.96. The van der Waals surface area contributed by atoms with Crippen molar-refractivity contribution < 1.29 is 22.3 Å². The molecule has 2 aromatic rings. The molecule has 4 rings (SSSR count). The van der Waals surface area contributed by atoms with Gasteiger partial charge < -0.3 is 20.7 Å². The molecule has 3 heterocycles. The summed E-state index contributed by atoms with van der Waals surface area (Å²) in [5.41, 5.74) is 8.51. The molecule has 1 atom stereocenters. The minimum absolute atomic E-state index is 0.164. The topological polar surface area (TPSA) is 80.7 Å². The van der Waals surface area contributed by atoms with Crippen molar-refractivity contribution in [1.82, 2.24) is 20.0 Å². The summed E-state index contributed by atoms with van der Waals surface area (Å²) in [6, 6.07) is 2.77. The van der Waals surface area contributed by atoms with Gasteiger partial charge >= 0.3 is 6.18 Å². The fourth-order valence-electron chi connectivity index (χ4n) is 3.97. The Kier molecular flexibility index (Phi) is 6.04. The van der Waals surface area contributed by atoms with Crippen molar-refractivity contribution in [2.75, 3.05) is 26.2 Å². The van der Waals surface area contributed by atoms with Gasteiger partial charge in [-0.25, -0.2) is 9.38 Å². The number of nitrogens with two attached hydrogens (primary N) is 1. The second-order valence-electron chi connectivity index (χ2n) is 7.60. The fourth-order valence-corrected chi connectivity index (χ4v) is 4.24.